The number of hydrogen-bond acceptors (Lipinski definition) is 3. The van der Waals surface area contributed by atoms with E-state index in [0.29, 0.717) is 13.0 Å². The zero-order chi connectivity index (χ0) is 18.6. The maximum absolute atomic E-state index is 12.3. The Balaban J connectivity index is 1.74. The molecule has 2 rings (SSSR count). The van der Waals surface area contributed by atoms with E-state index >= 15 is 0 Å². The maximum Gasteiger partial charge on any atom is 0.167 e. The highest BCUT2D eigenvalue weighted by molar-refractivity contribution is 9.10. The molecule has 0 aliphatic carbocycles. The Hall–Kier alpha value is -2.17. The highest BCUT2D eigenvalue weighted by atomic mass is 79.9. The van der Waals surface area contributed by atoms with Gasteiger partial charge in [-0.3, -0.25) is 4.79 Å². The number of carbonyl (C=O) groups is 1. The van der Waals surface area contributed by atoms with Crippen molar-refractivity contribution in [2.24, 2.45) is 0 Å². The van der Waals surface area contributed by atoms with Crippen molar-refractivity contribution in [1.29, 1.82) is 0 Å². The molecule has 0 unspecified atom stereocenters. The molecule has 2 aromatic rings. The van der Waals surface area contributed by atoms with Crippen LogP contribution < -0.4 is 10.1 Å². The van der Waals surface area contributed by atoms with E-state index in [1.807, 2.05) is 66.8 Å². The van der Waals surface area contributed by atoms with Crippen molar-refractivity contribution in [2.45, 2.75) is 12.8 Å². The van der Waals surface area contributed by atoms with Crippen LogP contribution in [-0.2, 0) is 6.42 Å². The first-order chi connectivity index (χ1) is 12.7. The van der Waals surface area contributed by atoms with Crippen molar-refractivity contribution in [1.82, 2.24) is 5.32 Å². The average molecular weight is 414 g/mol. The molecule has 0 spiro atoms. The van der Waals surface area contributed by atoms with Crippen LogP contribution in [0.3, 0.4) is 0 Å². The van der Waals surface area contributed by atoms with Crippen LogP contribution in [0.1, 0.15) is 22.3 Å². The molecule has 0 amide bonds. The molecule has 1 N–H and O–H groups in total. The molecule has 4 heteroatoms. The fraction of sp³-hybridized carbons (Fsp3) is 0.227. The van der Waals surface area contributed by atoms with Gasteiger partial charge in [-0.2, -0.15) is 0 Å². The number of Topliss-reactive ketones (excluding diaryl/α,β-unsaturated/α-hetero) is 1. The summed E-state index contributed by atoms with van der Waals surface area (Å²) in [6.45, 7) is 5.98. The molecular formula is C22H24BrNO2. The quantitative estimate of drug-likeness (QED) is 0.320. The van der Waals surface area contributed by atoms with Gasteiger partial charge in [0.1, 0.15) is 12.4 Å². The largest absolute Gasteiger partial charge is 0.490 e. The first kappa shape index (κ1) is 20.1. The Morgan fingerprint density at radius 3 is 2.50 bits per heavy atom. The molecule has 0 saturated carbocycles. The second-order valence-corrected chi connectivity index (χ2v) is 6.73. The minimum atomic E-state index is 0.109. The maximum atomic E-state index is 12.3. The smallest absolute Gasteiger partial charge is 0.167 e. The molecule has 2 aromatic carbocycles. The molecule has 0 radical (unpaired) electrons. The Bertz CT molecular complexity index is 721. The molecule has 3 nitrogen and oxygen atoms in total. The fourth-order valence-electron chi connectivity index (χ4n) is 2.31. The molecule has 136 valence electrons. The predicted molar refractivity (Wildman–Crippen MR) is 111 cm³/mol. The van der Waals surface area contributed by atoms with Gasteiger partial charge in [0.15, 0.2) is 5.78 Å². The lowest BCUT2D eigenvalue weighted by atomic mass is 10.0. The molecule has 0 aromatic heterocycles. The minimum absolute atomic E-state index is 0.109. The van der Waals surface area contributed by atoms with Crippen molar-refractivity contribution >= 4 is 21.7 Å². The van der Waals surface area contributed by atoms with Crippen LogP contribution in [-0.4, -0.2) is 25.5 Å². The van der Waals surface area contributed by atoms with Gasteiger partial charge in [0, 0.05) is 23.0 Å². The highest BCUT2D eigenvalue weighted by Gasteiger charge is 2.07. The van der Waals surface area contributed by atoms with E-state index < -0.39 is 0 Å². The van der Waals surface area contributed by atoms with E-state index in [2.05, 4.69) is 27.8 Å². The van der Waals surface area contributed by atoms with E-state index in [0.717, 1.165) is 40.9 Å². The lowest BCUT2D eigenvalue weighted by Crippen LogP contribution is -2.14. The summed E-state index contributed by atoms with van der Waals surface area (Å²) in [4.78, 5) is 12.3. The molecule has 26 heavy (non-hydrogen) atoms. The van der Waals surface area contributed by atoms with Crippen molar-refractivity contribution in [3.8, 4) is 5.75 Å². The third-order valence-electron chi connectivity index (χ3n) is 3.75. The monoisotopic (exact) mass is 413 g/mol. The van der Waals surface area contributed by atoms with Gasteiger partial charge in [0.05, 0.1) is 0 Å². The molecule has 0 heterocycles. The van der Waals surface area contributed by atoms with Gasteiger partial charge in [-0.25, -0.2) is 0 Å². The van der Waals surface area contributed by atoms with E-state index in [9.17, 15) is 4.79 Å². The van der Waals surface area contributed by atoms with Gasteiger partial charge in [0.2, 0.25) is 0 Å². The summed E-state index contributed by atoms with van der Waals surface area (Å²) in [5.41, 5.74) is 1.70. The minimum Gasteiger partial charge on any atom is -0.490 e. The zero-order valence-electron chi connectivity index (χ0n) is 14.8. The van der Waals surface area contributed by atoms with Crippen molar-refractivity contribution in [3.05, 3.63) is 88.9 Å². The number of carbonyl (C=O) groups excluding carboxylic acids is 1. The van der Waals surface area contributed by atoms with Gasteiger partial charge in [-0.15, -0.1) is 6.58 Å². The van der Waals surface area contributed by atoms with Crippen molar-refractivity contribution in [3.63, 3.8) is 0 Å². The van der Waals surface area contributed by atoms with Crippen LogP contribution in [0.5, 0.6) is 5.75 Å². The van der Waals surface area contributed by atoms with Gasteiger partial charge in [-0.1, -0.05) is 58.4 Å². The van der Waals surface area contributed by atoms with Gasteiger partial charge in [-0.05, 0) is 42.8 Å². The Morgan fingerprint density at radius 1 is 1.08 bits per heavy atom. The molecular weight excluding hydrogens is 390 g/mol. The number of rotatable bonds is 11. The Labute approximate surface area is 163 Å². The Morgan fingerprint density at radius 2 is 1.81 bits per heavy atom. The third-order valence-corrected chi connectivity index (χ3v) is 4.28. The van der Waals surface area contributed by atoms with Crippen LogP contribution in [0.25, 0.3) is 0 Å². The van der Waals surface area contributed by atoms with Crippen molar-refractivity contribution in [2.75, 3.05) is 19.7 Å². The lowest BCUT2D eigenvalue weighted by molar-refractivity contribution is 0.0993. The standard InChI is InChI=1S/C22H24BrNO2/c1-2-3-14-24-15-4-5-16-26-21-12-6-18(7-13-21)17-22(25)19-8-10-20(23)11-9-19/h2,4-13,24H,1,3,14-17H2/b5-4+. The van der Waals surface area contributed by atoms with Gasteiger partial charge >= 0.3 is 0 Å². The van der Waals surface area contributed by atoms with Crippen LogP contribution >= 0.6 is 15.9 Å². The topological polar surface area (TPSA) is 38.3 Å². The third kappa shape index (κ3) is 7.38. The SMILES string of the molecule is C=CCCNC/C=C/COc1ccc(CC(=O)c2ccc(Br)cc2)cc1. The molecule has 0 saturated heterocycles. The van der Waals surface area contributed by atoms with Gasteiger partial charge < -0.3 is 10.1 Å². The molecule has 0 aliphatic heterocycles. The number of nitrogens with one attached hydrogen (secondary N) is 1. The number of ether oxygens (including phenoxy) is 1. The summed E-state index contributed by atoms with van der Waals surface area (Å²) in [7, 11) is 0. The summed E-state index contributed by atoms with van der Waals surface area (Å²) in [6, 6.07) is 15.1. The van der Waals surface area contributed by atoms with E-state index in [-0.39, 0.29) is 5.78 Å². The van der Waals surface area contributed by atoms with Crippen LogP contribution in [0, 0.1) is 0 Å². The fourth-order valence-corrected chi connectivity index (χ4v) is 2.58. The second kappa shape index (κ2) is 11.4. The van der Waals surface area contributed by atoms with Gasteiger partial charge in [0.25, 0.3) is 0 Å². The summed E-state index contributed by atoms with van der Waals surface area (Å²) >= 11 is 3.38. The van der Waals surface area contributed by atoms with E-state index in [1.165, 1.54) is 0 Å². The van der Waals surface area contributed by atoms with Crippen LogP contribution in [0.4, 0.5) is 0 Å². The molecule has 0 fully saturated rings. The van der Waals surface area contributed by atoms with Crippen molar-refractivity contribution < 1.29 is 9.53 Å². The highest BCUT2D eigenvalue weighted by Crippen LogP contribution is 2.16. The van der Waals surface area contributed by atoms with E-state index in [4.69, 9.17) is 4.74 Å². The number of ketones is 1. The van der Waals surface area contributed by atoms with E-state index in [1.54, 1.807) is 0 Å². The lowest BCUT2D eigenvalue weighted by Gasteiger charge is -2.06. The number of halogens is 1. The first-order valence-electron chi connectivity index (χ1n) is 8.66. The summed E-state index contributed by atoms with van der Waals surface area (Å²) in [5, 5.41) is 3.28. The van der Waals surface area contributed by atoms with Crippen LogP contribution in [0.15, 0.2) is 77.8 Å². The summed E-state index contributed by atoms with van der Waals surface area (Å²) < 4.78 is 6.64. The average Bonchev–Trinajstić information content (AvgIpc) is 2.65. The first-order valence-corrected chi connectivity index (χ1v) is 9.45. The molecule has 0 aliphatic rings. The molecule has 0 atom stereocenters. The van der Waals surface area contributed by atoms with Crippen LogP contribution in [0.2, 0.25) is 0 Å². The molecule has 0 bridgehead atoms. The zero-order valence-corrected chi connectivity index (χ0v) is 16.4. The predicted octanol–water partition coefficient (Wildman–Crippen LogP) is 4.98. The Kier molecular flexibility index (Phi) is 8.87. The summed E-state index contributed by atoms with van der Waals surface area (Å²) in [5.74, 6) is 0.909. The normalized spacial score (nSPS) is 10.8. The number of hydrogen-bond donors (Lipinski definition) is 1. The number of benzene rings is 2. The second-order valence-electron chi connectivity index (χ2n) is 5.81. The summed E-state index contributed by atoms with van der Waals surface area (Å²) in [6.07, 6.45) is 7.30.